The minimum absolute atomic E-state index is 0.0590. The van der Waals surface area contributed by atoms with Crippen LogP contribution in [0.15, 0.2) is 40.2 Å². The second kappa shape index (κ2) is 8.31. The fraction of sp³-hybridized carbons (Fsp3) is 0.350. The number of ether oxygens (including phenoxy) is 4. The number of carbonyl (C=O) groups excluding carboxylic acids is 3. The molecule has 30 heavy (non-hydrogen) atoms. The van der Waals surface area contributed by atoms with Gasteiger partial charge in [-0.05, 0) is 13.0 Å². The molecule has 10 heteroatoms. The summed E-state index contributed by atoms with van der Waals surface area (Å²) in [4.78, 5) is 39.6. The highest BCUT2D eigenvalue weighted by Gasteiger charge is 2.49. The zero-order chi connectivity index (χ0) is 22.2. The molecular formula is C20H22N2O7S. The molecule has 0 saturated carbocycles. The van der Waals surface area contributed by atoms with E-state index in [1.807, 2.05) is 0 Å². The number of carbonyl (C=O) groups is 3. The number of esters is 2. The van der Waals surface area contributed by atoms with Crippen LogP contribution in [0, 0.1) is 0 Å². The molecule has 1 amide bonds. The summed E-state index contributed by atoms with van der Waals surface area (Å²) in [6.07, 6.45) is 0. The molecule has 2 unspecified atom stereocenters. The van der Waals surface area contributed by atoms with Crippen LogP contribution in [-0.2, 0) is 23.9 Å². The number of amides is 1. The maximum Gasteiger partial charge on any atom is 0.338 e. The van der Waals surface area contributed by atoms with Crippen LogP contribution in [0.5, 0.6) is 11.5 Å². The Morgan fingerprint density at radius 3 is 2.23 bits per heavy atom. The number of para-hydroxylation sites is 1. The molecular weight excluding hydrogens is 412 g/mol. The van der Waals surface area contributed by atoms with E-state index >= 15 is 0 Å². The van der Waals surface area contributed by atoms with E-state index in [1.165, 1.54) is 45.1 Å². The Morgan fingerprint density at radius 2 is 1.67 bits per heavy atom. The van der Waals surface area contributed by atoms with Crippen molar-refractivity contribution in [1.82, 2.24) is 4.90 Å². The summed E-state index contributed by atoms with van der Waals surface area (Å²) in [7, 11) is 5.35. The number of rotatable bonds is 5. The number of nitrogens with two attached hydrogens (primary N) is 1. The fourth-order valence-electron chi connectivity index (χ4n) is 3.60. The van der Waals surface area contributed by atoms with E-state index in [1.54, 1.807) is 25.1 Å². The Kier molecular flexibility index (Phi) is 5.97. The number of methoxy groups -OCH3 is 4. The lowest BCUT2D eigenvalue weighted by Crippen LogP contribution is -2.40. The van der Waals surface area contributed by atoms with E-state index in [2.05, 4.69) is 0 Å². The third-order valence-corrected chi connectivity index (χ3v) is 6.12. The van der Waals surface area contributed by atoms with Gasteiger partial charge in [0, 0.05) is 5.56 Å². The zero-order valence-corrected chi connectivity index (χ0v) is 18.0. The third kappa shape index (κ3) is 3.17. The van der Waals surface area contributed by atoms with Gasteiger partial charge in [0.2, 0.25) is 5.91 Å². The van der Waals surface area contributed by atoms with Crippen LogP contribution in [0.25, 0.3) is 0 Å². The van der Waals surface area contributed by atoms with Gasteiger partial charge < -0.3 is 24.7 Å². The van der Waals surface area contributed by atoms with E-state index in [0.29, 0.717) is 22.1 Å². The smallest absolute Gasteiger partial charge is 0.338 e. The summed E-state index contributed by atoms with van der Waals surface area (Å²) >= 11 is 1.17. The first kappa shape index (κ1) is 21.6. The molecule has 1 aromatic carbocycles. The lowest BCUT2D eigenvalue weighted by molar-refractivity contribution is -0.137. The normalized spacial score (nSPS) is 20.8. The van der Waals surface area contributed by atoms with Crippen molar-refractivity contribution in [3.8, 4) is 11.5 Å². The van der Waals surface area contributed by atoms with Gasteiger partial charge in [0.1, 0.15) is 5.82 Å². The first-order valence-corrected chi connectivity index (χ1v) is 9.82. The molecule has 0 bridgehead atoms. The van der Waals surface area contributed by atoms with E-state index in [9.17, 15) is 14.4 Å². The third-order valence-electron chi connectivity index (χ3n) is 4.94. The van der Waals surface area contributed by atoms with Gasteiger partial charge in [0.05, 0.1) is 55.8 Å². The molecule has 0 radical (unpaired) electrons. The van der Waals surface area contributed by atoms with E-state index < -0.39 is 23.1 Å². The molecule has 1 fully saturated rings. The Bertz CT molecular complexity index is 985. The standard InChI is InChI=1S/C20H22N2O7S/c1-9-17(23)22-16(21)13(19(24)28-4)12(14(18(22)30-9)20(25)29-5)10-7-6-8-11(26-2)15(10)27-3/h6-9,12H,21H2,1-5H3. The predicted octanol–water partition coefficient (Wildman–Crippen LogP) is 1.49. The average molecular weight is 434 g/mol. The highest BCUT2D eigenvalue weighted by molar-refractivity contribution is 8.04. The van der Waals surface area contributed by atoms with Crippen LogP contribution >= 0.6 is 11.8 Å². The highest BCUT2D eigenvalue weighted by Crippen LogP contribution is 2.52. The van der Waals surface area contributed by atoms with Crippen molar-refractivity contribution >= 4 is 29.6 Å². The Morgan fingerprint density at radius 1 is 1.03 bits per heavy atom. The molecule has 160 valence electrons. The molecule has 9 nitrogen and oxygen atoms in total. The van der Waals surface area contributed by atoms with Crippen molar-refractivity contribution in [2.24, 2.45) is 5.73 Å². The van der Waals surface area contributed by atoms with Gasteiger partial charge in [0.15, 0.2) is 11.5 Å². The summed E-state index contributed by atoms with van der Waals surface area (Å²) in [6.45, 7) is 1.69. The van der Waals surface area contributed by atoms with Crippen molar-refractivity contribution < 1.29 is 33.3 Å². The lowest BCUT2D eigenvalue weighted by atomic mass is 9.81. The number of benzene rings is 1. The van der Waals surface area contributed by atoms with Crippen LogP contribution in [0.2, 0.25) is 0 Å². The van der Waals surface area contributed by atoms with Crippen molar-refractivity contribution in [3.05, 3.63) is 45.8 Å². The molecule has 2 aliphatic rings. The quantitative estimate of drug-likeness (QED) is 0.688. The molecule has 0 spiro atoms. The molecule has 3 rings (SSSR count). The monoisotopic (exact) mass is 434 g/mol. The Balaban J connectivity index is 2.40. The van der Waals surface area contributed by atoms with Gasteiger partial charge in [-0.15, -0.1) is 0 Å². The Hall–Kier alpha value is -3.14. The topological polar surface area (TPSA) is 117 Å². The van der Waals surface area contributed by atoms with Crippen molar-refractivity contribution in [2.75, 3.05) is 28.4 Å². The number of hydrogen-bond donors (Lipinski definition) is 1. The molecule has 0 aliphatic carbocycles. The maximum absolute atomic E-state index is 12.9. The summed E-state index contributed by atoms with van der Waals surface area (Å²) in [5, 5.41) is -0.178. The minimum atomic E-state index is -0.994. The van der Waals surface area contributed by atoms with Crippen molar-refractivity contribution in [3.63, 3.8) is 0 Å². The highest BCUT2D eigenvalue weighted by atomic mass is 32.2. The number of hydrogen-bond acceptors (Lipinski definition) is 9. The lowest BCUT2D eigenvalue weighted by Gasteiger charge is -2.33. The summed E-state index contributed by atoms with van der Waals surface area (Å²) < 4.78 is 20.9. The second-order valence-electron chi connectivity index (χ2n) is 6.45. The molecule has 1 aromatic rings. The molecule has 0 aromatic heterocycles. The summed E-state index contributed by atoms with van der Waals surface area (Å²) in [5.74, 6) is -2.19. The second-order valence-corrected chi connectivity index (χ2v) is 7.78. The van der Waals surface area contributed by atoms with Crippen LogP contribution < -0.4 is 15.2 Å². The summed E-state index contributed by atoms with van der Waals surface area (Å²) in [6, 6.07) is 5.07. The van der Waals surface area contributed by atoms with Gasteiger partial charge in [-0.3, -0.25) is 9.69 Å². The van der Waals surface area contributed by atoms with E-state index in [0.717, 1.165) is 0 Å². The van der Waals surface area contributed by atoms with Gasteiger partial charge in [-0.1, -0.05) is 23.9 Å². The number of nitrogens with zero attached hydrogens (tertiary/aromatic N) is 1. The molecule has 1 saturated heterocycles. The molecule has 2 heterocycles. The van der Waals surface area contributed by atoms with Crippen LogP contribution in [0.1, 0.15) is 18.4 Å². The molecule has 2 atom stereocenters. The number of fused-ring (bicyclic) bond motifs is 1. The zero-order valence-electron chi connectivity index (χ0n) is 17.2. The number of thioether (sulfide) groups is 1. The SMILES string of the molecule is COC(=O)C1=C(N)N2C(=O)C(C)SC2=C(C(=O)OC)C1c1cccc(OC)c1OC. The van der Waals surface area contributed by atoms with Crippen LogP contribution in [0.4, 0.5) is 0 Å². The van der Waals surface area contributed by atoms with Gasteiger partial charge in [-0.25, -0.2) is 9.59 Å². The van der Waals surface area contributed by atoms with Gasteiger partial charge >= 0.3 is 11.9 Å². The van der Waals surface area contributed by atoms with Crippen molar-refractivity contribution in [2.45, 2.75) is 18.1 Å². The van der Waals surface area contributed by atoms with Crippen LogP contribution in [-0.4, -0.2) is 56.4 Å². The van der Waals surface area contributed by atoms with Crippen LogP contribution in [0.3, 0.4) is 0 Å². The largest absolute Gasteiger partial charge is 0.493 e. The summed E-state index contributed by atoms with van der Waals surface area (Å²) in [5.41, 5.74) is 6.78. The van der Waals surface area contributed by atoms with Gasteiger partial charge in [-0.2, -0.15) is 0 Å². The molecule has 2 N–H and O–H groups in total. The average Bonchev–Trinajstić information content (AvgIpc) is 3.06. The van der Waals surface area contributed by atoms with E-state index in [-0.39, 0.29) is 22.9 Å². The minimum Gasteiger partial charge on any atom is -0.493 e. The Labute approximate surface area is 177 Å². The molecule has 2 aliphatic heterocycles. The van der Waals surface area contributed by atoms with Gasteiger partial charge in [0.25, 0.3) is 0 Å². The predicted molar refractivity (Wildman–Crippen MR) is 108 cm³/mol. The van der Waals surface area contributed by atoms with E-state index in [4.69, 9.17) is 24.7 Å². The first-order chi connectivity index (χ1) is 14.3. The first-order valence-electron chi connectivity index (χ1n) is 8.94. The van der Waals surface area contributed by atoms with Crippen molar-refractivity contribution in [1.29, 1.82) is 0 Å². The maximum atomic E-state index is 12.9. The fourth-order valence-corrected chi connectivity index (χ4v) is 4.76.